The van der Waals surface area contributed by atoms with E-state index in [1.165, 1.54) is 0 Å². The summed E-state index contributed by atoms with van der Waals surface area (Å²) in [5.41, 5.74) is 0.943. The van der Waals surface area contributed by atoms with Gasteiger partial charge in [-0.25, -0.2) is 4.98 Å². The molecule has 1 amide bonds. The minimum Gasteiger partial charge on any atom is -0.349 e. The third-order valence-electron chi connectivity index (χ3n) is 2.19. The van der Waals surface area contributed by atoms with Gasteiger partial charge in [0.2, 0.25) is 5.82 Å². The van der Waals surface area contributed by atoms with Crippen molar-refractivity contribution in [1.29, 1.82) is 0 Å². The summed E-state index contributed by atoms with van der Waals surface area (Å²) in [6.07, 6.45) is 2.42. The van der Waals surface area contributed by atoms with Gasteiger partial charge >= 0.3 is 0 Å². The summed E-state index contributed by atoms with van der Waals surface area (Å²) in [6.45, 7) is 2.26. The van der Waals surface area contributed by atoms with Gasteiger partial charge in [0, 0.05) is 24.9 Å². The molecule has 0 aromatic carbocycles. The number of carbonyl (C=O) groups is 1. The molecular weight excluding hydrogens is 218 g/mol. The second-order valence-electron chi connectivity index (χ2n) is 3.57. The molecule has 0 bridgehead atoms. The average Bonchev–Trinajstić information content (AvgIpc) is 2.77. The van der Waals surface area contributed by atoms with E-state index in [0.29, 0.717) is 18.8 Å². The first-order chi connectivity index (χ1) is 8.25. The Morgan fingerprint density at radius 2 is 2.35 bits per heavy atom. The summed E-state index contributed by atoms with van der Waals surface area (Å²) in [5.74, 6) is 0.522. The molecule has 0 spiro atoms. The maximum Gasteiger partial charge on any atom is 0.290 e. The summed E-state index contributed by atoms with van der Waals surface area (Å²) in [4.78, 5) is 19.7. The largest absolute Gasteiger partial charge is 0.349 e. The van der Waals surface area contributed by atoms with E-state index in [1.807, 2.05) is 18.2 Å². The van der Waals surface area contributed by atoms with E-state index >= 15 is 0 Å². The number of nitrogens with one attached hydrogen (secondary N) is 2. The maximum absolute atomic E-state index is 11.6. The van der Waals surface area contributed by atoms with E-state index in [-0.39, 0.29) is 11.7 Å². The van der Waals surface area contributed by atoms with E-state index in [2.05, 4.69) is 25.5 Å². The minimum atomic E-state index is -0.273. The minimum absolute atomic E-state index is 0.170. The fourth-order valence-corrected chi connectivity index (χ4v) is 1.37. The molecule has 6 heteroatoms. The van der Waals surface area contributed by atoms with Crippen molar-refractivity contribution in [2.45, 2.75) is 13.3 Å². The molecule has 0 aliphatic rings. The van der Waals surface area contributed by atoms with Crippen LogP contribution < -0.4 is 5.32 Å². The third-order valence-corrected chi connectivity index (χ3v) is 2.19. The standard InChI is InChI=1S/C11H13N5O/c1-8-14-10(16-15-8)11(17)13-7-5-9-4-2-3-6-12-9/h2-4,6H,5,7H2,1H3,(H,13,17)(H,14,15,16). The van der Waals surface area contributed by atoms with Crippen LogP contribution >= 0.6 is 0 Å². The molecule has 0 aliphatic heterocycles. The number of hydrogen-bond donors (Lipinski definition) is 2. The highest BCUT2D eigenvalue weighted by Crippen LogP contribution is 1.94. The number of nitrogens with zero attached hydrogens (tertiary/aromatic N) is 3. The molecule has 17 heavy (non-hydrogen) atoms. The molecule has 0 aliphatic carbocycles. The molecule has 0 atom stereocenters. The van der Waals surface area contributed by atoms with Crippen LogP contribution in [0.25, 0.3) is 0 Å². The Morgan fingerprint density at radius 3 is 3.00 bits per heavy atom. The lowest BCUT2D eigenvalue weighted by molar-refractivity contribution is 0.0944. The number of carbonyl (C=O) groups excluding carboxylic acids is 1. The van der Waals surface area contributed by atoms with Gasteiger partial charge < -0.3 is 5.32 Å². The molecule has 0 fully saturated rings. The Hall–Kier alpha value is -2.24. The number of aromatic nitrogens is 4. The highest BCUT2D eigenvalue weighted by molar-refractivity contribution is 5.90. The van der Waals surface area contributed by atoms with Gasteiger partial charge in [-0.15, -0.1) is 5.10 Å². The van der Waals surface area contributed by atoms with Crippen molar-refractivity contribution >= 4 is 5.91 Å². The van der Waals surface area contributed by atoms with Crippen LogP contribution in [0.2, 0.25) is 0 Å². The first-order valence-electron chi connectivity index (χ1n) is 5.33. The number of hydrogen-bond acceptors (Lipinski definition) is 4. The molecule has 0 saturated heterocycles. The van der Waals surface area contributed by atoms with Gasteiger partial charge in [0.1, 0.15) is 5.82 Å². The molecule has 2 heterocycles. The zero-order chi connectivity index (χ0) is 12.1. The molecule has 0 radical (unpaired) electrons. The topological polar surface area (TPSA) is 83.6 Å². The fourth-order valence-electron chi connectivity index (χ4n) is 1.37. The third kappa shape index (κ3) is 3.10. The predicted octanol–water partition coefficient (Wildman–Crippen LogP) is 0.481. The molecule has 2 N–H and O–H groups in total. The number of rotatable bonds is 4. The van der Waals surface area contributed by atoms with Crippen LogP contribution in [0, 0.1) is 6.92 Å². The van der Waals surface area contributed by atoms with Gasteiger partial charge in [0.15, 0.2) is 0 Å². The van der Waals surface area contributed by atoms with Crippen LogP contribution in [-0.2, 0) is 6.42 Å². The van der Waals surface area contributed by atoms with E-state index in [0.717, 1.165) is 5.69 Å². The molecule has 2 aromatic rings. The Bertz CT molecular complexity index is 494. The fraction of sp³-hybridized carbons (Fsp3) is 0.273. The molecule has 0 saturated carbocycles. The van der Waals surface area contributed by atoms with Crippen molar-refractivity contribution < 1.29 is 4.79 Å². The molecule has 88 valence electrons. The van der Waals surface area contributed by atoms with Crippen LogP contribution in [0.1, 0.15) is 22.1 Å². The lowest BCUT2D eigenvalue weighted by atomic mass is 10.3. The van der Waals surface area contributed by atoms with Crippen LogP contribution in [-0.4, -0.2) is 32.6 Å². The average molecular weight is 231 g/mol. The highest BCUT2D eigenvalue weighted by atomic mass is 16.2. The summed E-state index contributed by atoms with van der Waals surface area (Å²) < 4.78 is 0. The van der Waals surface area contributed by atoms with E-state index < -0.39 is 0 Å². The Balaban J connectivity index is 1.81. The van der Waals surface area contributed by atoms with Crippen LogP contribution in [0.15, 0.2) is 24.4 Å². The number of amides is 1. The normalized spacial score (nSPS) is 10.2. The Morgan fingerprint density at radius 1 is 1.47 bits per heavy atom. The summed E-state index contributed by atoms with van der Waals surface area (Å²) >= 11 is 0. The SMILES string of the molecule is Cc1nc(C(=O)NCCc2ccccn2)n[nH]1. The van der Waals surface area contributed by atoms with E-state index in [1.54, 1.807) is 13.1 Å². The van der Waals surface area contributed by atoms with Gasteiger partial charge in [0.05, 0.1) is 0 Å². The smallest absolute Gasteiger partial charge is 0.290 e. The predicted molar refractivity (Wildman–Crippen MR) is 61.4 cm³/mol. The number of pyridine rings is 1. The van der Waals surface area contributed by atoms with Crippen LogP contribution in [0.5, 0.6) is 0 Å². The molecule has 2 aromatic heterocycles. The van der Waals surface area contributed by atoms with Crippen molar-refractivity contribution in [2.75, 3.05) is 6.54 Å². The second kappa shape index (κ2) is 5.20. The van der Waals surface area contributed by atoms with Gasteiger partial charge in [-0.05, 0) is 19.1 Å². The van der Waals surface area contributed by atoms with Crippen molar-refractivity contribution in [2.24, 2.45) is 0 Å². The zero-order valence-electron chi connectivity index (χ0n) is 9.47. The van der Waals surface area contributed by atoms with Crippen molar-refractivity contribution in [3.8, 4) is 0 Å². The zero-order valence-corrected chi connectivity index (χ0v) is 9.47. The number of aromatic amines is 1. The highest BCUT2D eigenvalue weighted by Gasteiger charge is 2.09. The lowest BCUT2D eigenvalue weighted by Crippen LogP contribution is -2.26. The lowest BCUT2D eigenvalue weighted by Gasteiger charge is -2.01. The van der Waals surface area contributed by atoms with Crippen molar-refractivity contribution in [1.82, 2.24) is 25.5 Å². The number of H-pyrrole nitrogens is 1. The van der Waals surface area contributed by atoms with E-state index in [9.17, 15) is 4.79 Å². The van der Waals surface area contributed by atoms with Crippen LogP contribution in [0.4, 0.5) is 0 Å². The van der Waals surface area contributed by atoms with Crippen molar-refractivity contribution in [3.05, 3.63) is 41.7 Å². The van der Waals surface area contributed by atoms with Crippen molar-refractivity contribution in [3.63, 3.8) is 0 Å². The monoisotopic (exact) mass is 231 g/mol. The first kappa shape index (κ1) is 11.3. The summed E-state index contributed by atoms with van der Waals surface area (Å²) in [5, 5.41) is 9.14. The first-order valence-corrected chi connectivity index (χ1v) is 5.33. The van der Waals surface area contributed by atoms with Gasteiger partial charge in [-0.3, -0.25) is 14.9 Å². The molecule has 0 unspecified atom stereocenters. The van der Waals surface area contributed by atoms with Gasteiger partial charge in [-0.1, -0.05) is 6.07 Å². The number of aryl methyl sites for hydroxylation is 1. The molecule has 6 nitrogen and oxygen atoms in total. The maximum atomic E-state index is 11.6. The van der Waals surface area contributed by atoms with Crippen LogP contribution in [0.3, 0.4) is 0 Å². The molecule has 2 rings (SSSR count). The van der Waals surface area contributed by atoms with Gasteiger partial charge in [-0.2, -0.15) is 0 Å². The van der Waals surface area contributed by atoms with E-state index in [4.69, 9.17) is 0 Å². The molecular formula is C11H13N5O. The summed E-state index contributed by atoms with van der Waals surface area (Å²) in [6, 6.07) is 5.70. The van der Waals surface area contributed by atoms with Gasteiger partial charge in [0.25, 0.3) is 5.91 Å². The Labute approximate surface area is 98.5 Å². The summed E-state index contributed by atoms with van der Waals surface area (Å²) in [7, 11) is 0. The quantitative estimate of drug-likeness (QED) is 0.801. The second-order valence-corrected chi connectivity index (χ2v) is 3.57. The Kier molecular flexibility index (Phi) is 3.44.